The van der Waals surface area contributed by atoms with Gasteiger partial charge in [-0.1, -0.05) is 12.2 Å². The van der Waals surface area contributed by atoms with E-state index in [0.717, 1.165) is 12.5 Å². The van der Waals surface area contributed by atoms with Crippen LogP contribution < -0.4 is 0 Å². The summed E-state index contributed by atoms with van der Waals surface area (Å²) in [5.41, 5.74) is 0. The van der Waals surface area contributed by atoms with Crippen molar-refractivity contribution >= 4 is 0 Å². The molecule has 0 aliphatic heterocycles. The Morgan fingerprint density at radius 2 is 1.38 bits per heavy atom. The summed E-state index contributed by atoms with van der Waals surface area (Å²) in [6.07, 6.45) is 4.61. The van der Waals surface area contributed by atoms with Gasteiger partial charge in [0.05, 0.1) is 0 Å². The highest BCUT2D eigenvalue weighted by Gasteiger charge is 1.91. The van der Waals surface area contributed by atoms with Gasteiger partial charge in [-0.2, -0.15) is 0 Å². The van der Waals surface area contributed by atoms with E-state index in [2.05, 4.69) is 17.9 Å². The zero-order valence-corrected chi connectivity index (χ0v) is 7.30. The lowest BCUT2D eigenvalue weighted by Crippen LogP contribution is -1.76. The van der Waals surface area contributed by atoms with E-state index in [9.17, 15) is 8.78 Å². The first-order chi connectivity index (χ1) is 6.20. The molecule has 0 unspecified atom stereocenters. The summed E-state index contributed by atoms with van der Waals surface area (Å²) in [5.74, 6) is -1.00. The van der Waals surface area contributed by atoms with Gasteiger partial charge in [0.15, 0.2) is 0 Å². The van der Waals surface area contributed by atoms with E-state index < -0.39 is 11.7 Å². The highest BCUT2D eigenvalue weighted by Crippen LogP contribution is 2.06. The second-order valence-electron chi connectivity index (χ2n) is 2.25. The van der Waals surface area contributed by atoms with Gasteiger partial charge in [-0.3, -0.25) is 0 Å². The normalized spacial score (nSPS) is 12.5. The molecule has 0 spiro atoms. The number of rotatable bonds is 6. The third-order valence-electron chi connectivity index (χ3n) is 1.07. The van der Waals surface area contributed by atoms with Crippen LogP contribution in [0.3, 0.4) is 0 Å². The Morgan fingerprint density at radius 3 is 1.69 bits per heavy atom. The molecular weight excluding hydrogens is 174 g/mol. The molecule has 72 valence electrons. The molecule has 0 heterocycles. The van der Waals surface area contributed by atoms with Crippen molar-refractivity contribution in [2.24, 2.45) is 0 Å². The van der Waals surface area contributed by atoms with Gasteiger partial charge < -0.3 is 4.74 Å². The van der Waals surface area contributed by atoms with E-state index in [1.54, 1.807) is 0 Å². The molecule has 0 amide bonds. The summed E-state index contributed by atoms with van der Waals surface area (Å²) in [7, 11) is 0. The summed E-state index contributed by atoms with van der Waals surface area (Å²) in [4.78, 5) is 0. The molecule has 0 aliphatic rings. The van der Waals surface area contributed by atoms with Crippen LogP contribution in [0.5, 0.6) is 0 Å². The predicted octanol–water partition coefficient (Wildman–Crippen LogP) is 3.78. The Kier molecular flexibility index (Phi) is 6.51. The zero-order chi connectivity index (χ0) is 10.1. The summed E-state index contributed by atoms with van der Waals surface area (Å²) >= 11 is 0. The zero-order valence-electron chi connectivity index (χ0n) is 7.30. The van der Waals surface area contributed by atoms with Crippen LogP contribution in [0.15, 0.2) is 49.5 Å². The van der Waals surface area contributed by atoms with Crippen LogP contribution in [-0.2, 0) is 4.74 Å². The monoisotopic (exact) mass is 186 g/mol. The molecule has 0 aliphatic carbocycles. The summed E-state index contributed by atoms with van der Waals surface area (Å²) in [5, 5.41) is 0. The fourth-order valence-corrected chi connectivity index (χ4v) is 0.554. The van der Waals surface area contributed by atoms with Gasteiger partial charge in [0.2, 0.25) is 0 Å². The van der Waals surface area contributed by atoms with Crippen molar-refractivity contribution in [2.75, 3.05) is 0 Å². The van der Waals surface area contributed by atoms with Gasteiger partial charge in [-0.25, -0.2) is 8.78 Å². The first-order valence-electron chi connectivity index (χ1n) is 3.77. The highest BCUT2D eigenvalue weighted by molar-refractivity contribution is 4.97. The molecule has 0 aromatic heterocycles. The molecule has 0 bridgehead atoms. The van der Waals surface area contributed by atoms with Gasteiger partial charge >= 0.3 is 0 Å². The molecule has 0 atom stereocenters. The molecule has 0 rings (SSSR count). The molecule has 0 N–H and O–H groups in total. The van der Waals surface area contributed by atoms with Crippen LogP contribution in [0, 0.1) is 0 Å². The highest BCUT2D eigenvalue weighted by atomic mass is 19.1. The Hall–Kier alpha value is -1.38. The Morgan fingerprint density at radius 1 is 1.00 bits per heavy atom. The van der Waals surface area contributed by atoms with E-state index in [1.165, 1.54) is 12.2 Å². The maximum absolute atomic E-state index is 12.5. The largest absolute Gasteiger partial charge is 0.467 e. The van der Waals surface area contributed by atoms with Crippen molar-refractivity contribution in [1.82, 2.24) is 0 Å². The minimum absolute atomic E-state index is 0.0803. The Balaban J connectivity index is 3.87. The summed E-state index contributed by atoms with van der Waals surface area (Å²) in [6.45, 7) is 6.67. The average Bonchev–Trinajstić information content (AvgIpc) is 2.05. The summed E-state index contributed by atoms with van der Waals surface area (Å²) < 4.78 is 29.6. The maximum Gasteiger partial charge on any atom is 0.139 e. The van der Waals surface area contributed by atoms with E-state index >= 15 is 0 Å². The molecule has 0 saturated carbocycles. The van der Waals surface area contributed by atoms with Crippen LogP contribution in [0.1, 0.15) is 12.8 Å². The SMILES string of the molecule is C=CCC(F)=COC=C(F)CC=C. The fourth-order valence-electron chi connectivity index (χ4n) is 0.554. The molecule has 13 heavy (non-hydrogen) atoms. The van der Waals surface area contributed by atoms with Crippen LogP contribution in [0.25, 0.3) is 0 Å². The number of ether oxygens (including phenoxy) is 1. The molecule has 0 aromatic rings. The van der Waals surface area contributed by atoms with Gasteiger partial charge in [0.25, 0.3) is 0 Å². The fraction of sp³-hybridized carbons (Fsp3) is 0.200. The first kappa shape index (κ1) is 11.6. The minimum Gasteiger partial charge on any atom is -0.467 e. The molecular formula is C10H12F2O. The van der Waals surface area contributed by atoms with E-state index in [-0.39, 0.29) is 12.8 Å². The minimum atomic E-state index is -0.502. The predicted molar refractivity (Wildman–Crippen MR) is 49.1 cm³/mol. The van der Waals surface area contributed by atoms with Gasteiger partial charge in [-0.05, 0) is 0 Å². The lowest BCUT2D eigenvalue weighted by molar-refractivity contribution is 0.360. The Labute approximate surface area is 76.7 Å². The number of halogens is 2. The van der Waals surface area contributed by atoms with Gasteiger partial charge in [0.1, 0.15) is 24.2 Å². The van der Waals surface area contributed by atoms with E-state index in [0.29, 0.717) is 0 Å². The van der Waals surface area contributed by atoms with Crippen molar-refractivity contribution in [3.05, 3.63) is 49.5 Å². The number of allylic oxidation sites excluding steroid dienone is 4. The molecule has 3 heteroatoms. The van der Waals surface area contributed by atoms with Gasteiger partial charge in [-0.15, -0.1) is 13.2 Å². The maximum atomic E-state index is 12.5. The lowest BCUT2D eigenvalue weighted by atomic mass is 10.4. The van der Waals surface area contributed by atoms with Gasteiger partial charge in [0, 0.05) is 12.8 Å². The molecule has 0 aromatic carbocycles. The van der Waals surface area contributed by atoms with Crippen molar-refractivity contribution in [2.45, 2.75) is 12.8 Å². The topological polar surface area (TPSA) is 9.23 Å². The van der Waals surface area contributed by atoms with Crippen LogP contribution in [0.2, 0.25) is 0 Å². The van der Waals surface area contributed by atoms with Crippen molar-refractivity contribution in [1.29, 1.82) is 0 Å². The quantitative estimate of drug-likeness (QED) is 0.453. The van der Waals surface area contributed by atoms with E-state index in [4.69, 9.17) is 0 Å². The van der Waals surface area contributed by atoms with Crippen LogP contribution in [-0.4, -0.2) is 0 Å². The molecule has 1 nitrogen and oxygen atoms in total. The van der Waals surface area contributed by atoms with Crippen LogP contribution >= 0.6 is 0 Å². The van der Waals surface area contributed by atoms with Crippen molar-refractivity contribution in [3.63, 3.8) is 0 Å². The Bertz CT molecular complexity index is 205. The van der Waals surface area contributed by atoms with Crippen LogP contribution in [0.4, 0.5) is 8.78 Å². The second-order valence-corrected chi connectivity index (χ2v) is 2.25. The number of hydrogen-bond donors (Lipinski definition) is 0. The molecule has 0 radical (unpaired) electrons. The van der Waals surface area contributed by atoms with Crippen molar-refractivity contribution in [3.8, 4) is 0 Å². The molecule has 0 fully saturated rings. The smallest absolute Gasteiger partial charge is 0.139 e. The van der Waals surface area contributed by atoms with E-state index in [1.807, 2.05) is 0 Å². The lowest BCUT2D eigenvalue weighted by Gasteiger charge is -1.93. The second kappa shape index (κ2) is 7.28. The summed E-state index contributed by atoms with van der Waals surface area (Å²) in [6, 6.07) is 0. The third-order valence-corrected chi connectivity index (χ3v) is 1.07. The first-order valence-corrected chi connectivity index (χ1v) is 3.77. The third kappa shape index (κ3) is 7.00. The van der Waals surface area contributed by atoms with Crippen molar-refractivity contribution < 1.29 is 13.5 Å². The molecule has 0 saturated heterocycles. The number of hydrogen-bond acceptors (Lipinski definition) is 1. The standard InChI is InChI=1S/C10H12F2O/c1-3-5-9(11)7-13-8-10(12)6-4-2/h3-4,7-8H,1-2,5-6H2. The average molecular weight is 186 g/mol.